The van der Waals surface area contributed by atoms with E-state index in [-0.39, 0.29) is 0 Å². The van der Waals surface area contributed by atoms with Gasteiger partial charge in [-0.1, -0.05) is 84.0 Å². The molecule has 2 N–H and O–H groups in total. The van der Waals surface area contributed by atoms with E-state index in [9.17, 15) is 0 Å². The molecule has 2 nitrogen and oxygen atoms in total. The standard InChI is InChI=1S/C18H36N2/c1-2-3-4-5-6-7-8-9-10-11-12-13-14-15-18-19-16-17-20-18/h16-20H,2-15H2,1H3. The molecule has 0 amide bonds. The van der Waals surface area contributed by atoms with E-state index in [1.807, 2.05) is 12.4 Å². The van der Waals surface area contributed by atoms with E-state index < -0.39 is 0 Å². The summed E-state index contributed by atoms with van der Waals surface area (Å²) in [6.45, 7) is 2.29. The molecule has 1 aliphatic rings. The molecule has 0 bridgehead atoms. The molecule has 0 saturated carbocycles. The summed E-state index contributed by atoms with van der Waals surface area (Å²) in [5.74, 6) is 0. The van der Waals surface area contributed by atoms with Crippen LogP contribution in [-0.4, -0.2) is 6.17 Å². The number of hydrogen-bond donors (Lipinski definition) is 2. The van der Waals surface area contributed by atoms with Gasteiger partial charge in [0.05, 0.1) is 6.17 Å². The fourth-order valence-corrected chi connectivity index (χ4v) is 2.91. The maximum Gasteiger partial charge on any atom is 0.0955 e. The molecular weight excluding hydrogens is 244 g/mol. The summed E-state index contributed by atoms with van der Waals surface area (Å²) in [5, 5.41) is 6.62. The first kappa shape index (κ1) is 17.4. The first-order valence-electron chi connectivity index (χ1n) is 9.10. The van der Waals surface area contributed by atoms with Crippen molar-refractivity contribution in [2.45, 2.75) is 103 Å². The van der Waals surface area contributed by atoms with E-state index in [1.165, 1.54) is 89.9 Å². The Morgan fingerprint density at radius 3 is 1.45 bits per heavy atom. The highest BCUT2D eigenvalue weighted by molar-refractivity contribution is 4.90. The number of nitrogens with one attached hydrogen (secondary N) is 2. The molecule has 0 radical (unpaired) electrons. The number of unbranched alkanes of at least 4 members (excludes halogenated alkanes) is 12. The van der Waals surface area contributed by atoms with Gasteiger partial charge in [0.15, 0.2) is 0 Å². The molecule has 0 saturated heterocycles. The molecule has 0 aromatic heterocycles. The van der Waals surface area contributed by atoms with Crippen LogP contribution in [0.4, 0.5) is 0 Å². The second kappa shape index (κ2) is 13.3. The van der Waals surface area contributed by atoms with Gasteiger partial charge >= 0.3 is 0 Å². The highest BCUT2D eigenvalue weighted by Crippen LogP contribution is 2.13. The van der Waals surface area contributed by atoms with Crippen molar-refractivity contribution >= 4 is 0 Å². The minimum atomic E-state index is 0.503. The Hall–Kier alpha value is -0.660. The SMILES string of the molecule is CCCCCCCCCCCCCCCC1NC=CN1. The number of hydrogen-bond acceptors (Lipinski definition) is 2. The van der Waals surface area contributed by atoms with Crippen LogP contribution in [0.1, 0.15) is 96.8 Å². The quantitative estimate of drug-likeness (QED) is 0.413. The van der Waals surface area contributed by atoms with Gasteiger partial charge < -0.3 is 10.6 Å². The molecule has 1 heterocycles. The lowest BCUT2D eigenvalue weighted by Gasteiger charge is -2.11. The van der Waals surface area contributed by atoms with Crippen molar-refractivity contribution in [2.24, 2.45) is 0 Å². The van der Waals surface area contributed by atoms with Crippen LogP contribution in [-0.2, 0) is 0 Å². The summed E-state index contributed by atoms with van der Waals surface area (Å²) in [7, 11) is 0. The third-order valence-corrected chi connectivity index (χ3v) is 4.27. The minimum Gasteiger partial charge on any atom is -0.370 e. The van der Waals surface area contributed by atoms with Crippen LogP contribution in [0, 0.1) is 0 Å². The molecule has 0 unspecified atom stereocenters. The van der Waals surface area contributed by atoms with Crippen molar-refractivity contribution in [3.8, 4) is 0 Å². The Morgan fingerprint density at radius 1 is 0.600 bits per heavy atom. The van der Waals surface area contributed by atoms with Crippen LogP contribution in [0.2, 0.25) is 0 Å². The summed E-state index contributed by atoms with van der Waals surface area (Å²) in [6, 6.07) is 0. The summed E-state index contributed by atoms with van der Waals surface area (Å²) in [4.78, 5) is 0. The Bertz CT molecular complexity index is 217. The average Bonchev–Trinajstić information content (AvgIpc) is 2.97. The number of rotatable bonds is 14. The molecule has 0 spiro atoms. The molecular formula is C18H36N2. The van der Waals surface area contributed by atoms with Gasteiger partial charge in [-0.2, -0.15) is 0 Å². The zero-order chi connectivity index (χ0) is 14.3. The smallest absolute Gasteiger partial charge is 0.0955 e. The van der Waals surface area contributed by atoms with E-state index in [0.717, 1.165) is 0 Å². The lowest BCUT2D eigenvalue weighted by molar-refractivity contribution is 0.479. The van der Waals surface area contributed by atoms with Crippen LogP contribution in [0.3, 0.4) is 0 Å². The summed E-state index contributed by atoms with van der Waals surface area (Å²) >= 11 is 0. The molecule has 1 rings (SSSR count). The Kier molecular flexibility index (Phi) is 11.6. The molecule has 0 aromatic rings. The van der Waals surface area contributed by atoms with Crippen LogP contribution in [0.5, 0.6) is 0 Å². The van der Waals surface area contributed by atoms with Crippen molar-refractivity contribution in [1.82, 2.24) is 10.6 Å². The topological polar surface area (TPSA) is 24.1 Å². The molecule has 0 fully saturated rings. The fourth-order valence-electron chi connectivity index (χ4n) is 2.91. The maximum absolute atomic E-state index is 3.31. The highest BCUT2D eigenvalue weighted by Gasteiger charge is 2.06. The third kappa shape index (κ3) is 10.2. The van der Waals surface area contributed by atoms with E-state index >= 15 is 0 Å². The highest BCUT2D eigenvalue weighted by atomic mass is 15.1. The molecule has 20 heavy (non-hydrogen) atoms. The van der Waals surface area contributed by atoms with Crippen molar-refractivity contribution in [1.29, 1.82) is 0 Å². The van der Waals surface area contributed by atoms with Crippen molar-refractivity contribution in [3.05, 3.63) is 12.4 Å². The van der Waals surface area contributed by atoms with E-state index in [1.54, 1.807) is 0 Å². The lowest BCUT2D eigenvalue weighted by Crippen LogP contribution is -2.30. The second-order valence-corrected chi connectivity index (χ2v) is 6.25. The van der Waals surface area contributed by atoms with Crippen molar-refractivity contribution < 1.29 is 0 Å². The van der Waals surface area contributed by atoms with E-state index in [2.05, 4.69) is 17.6 Å². The maximum atomic E-state index is 3.31. The van der Waals surface area contributed by atoms with Gasteiger partial charge in [0, 0.05) is 12.4 Å². The lowest BCUT2D eigenvalue weighted by atomic mass is 10.0. The average molecular weight is 280 g/mol. The molecule has 0 aromatic carbocycles. The largest absolute Gasteiger partial charge is 0.370 e. The summed E-state index contributed by atoms with van der Waals surface area (Å²) in [5.41, 5.74) is 0. The van der Waals surface area contributed by atoms with Gasteiger partial charge in [0.2, 0.25) is 0 Å². The van der Waals surface area contributed by atoms with Gasteiger partial charge in [0.1, 0.15) is 0 Å². The first-order valence-corrected chi connectivity index (χ1v) is 9.10. The molecule has 0 atom stereocenters. The van der Waals surface area contributed by atoms with Crippen molar-refractivity contribution in [2.75, 3.05) is 0 Å². The Morgan fingerprint density at radius 2 is 1.00 bits per heavy atom. The first-order chi connectivity index (χ1) is 9.93. The predicted octanol–water partition coefficient (Wildman–Crippen LogP) is 5.46. The molecule has 2 heteroatoms. The van der Waals surface area contributed by atoms with Gasteiger partial charge in [-0.15, -0.1) is 0 Å². The normalized spacial score (nSPS) is 14.4. The van der Waals surface area contributed by atoms with Gasteiger partial charge in [-0.05, 0) is 12.8 Å². The molecule has 1 aliphatic heterocycles. The summed E-state index contributed by atoms with van der Waals surface area (Å²) in [6.07, 6.45) is 24.4. The third-order valence-electron chi connectivity index (χ3n) is 4.27. The van der Waals surface area contributed by atoms with Crippen LogP contribution in [0.15, 0.2) is 12.4 Å². The zero-order valence-electron chi connectivity index (χ0n) is 13.6. The predicted molar refractivity (Wildman–Crippen MR) is 89.5 cm³/mol. The van der Waals surface area contributed by atoms with Crippen molar-refractivity contribution in [3.63, 3.8) is 0 Å². The monoisotopic (exact) mass is 280 g/mol. The Labute approximate surface area is 126 Å². The van der Waals surface area contributed by atoms with Crippen LogP contribution < -0.4 is 10.6 Å². The van der Waals surface area contributed by atoms with E-state index in [4.69, 9.17) is 0 Å². The van der Waals surface area contributed by atoms with Gasteiger partial charge in [-0.3, -0.25) is 0 Å². The van der Waals surface area contributed by atoms with Crippen LogP contribution in [0.25, 0.3) is 0 Å². The Balaban J connectivity index is 1.66. The van der Waals surface area contributed by atoms with Gasteiger partial charge in [-0.25, -0.2) is 0 Å². The summed E-state index contributed by atoms with van der Waals surface area (Å²) < 4.78 is 0. The molecule has 0 aliphatic carbocycles. The second-order valence-electron chi connectivity index (χ2n) is 6.25. The molecule has 118 valence electrons. The van der Waals surface area contributed by atoms with Crippen LogP contribution >= 0.6 is 0 Å². The fraction of sp³-hybridized carbons (Fsp3) is 0.889. The minimum absolute atomic E-state index is 0.503. The van der Waals surface area contributed by atoms with Gasteiger partial charge in [0.25, 0.3) is 0 Å². The van der Waals surface area contributed by atoms with E-state index in [0.29, 0.717) is 6.17 Å². The zero-order valence-corrected chi connectivity index (χ0v) is 13.6.